The second-order valence-electron chi connectivity index (χ2n) is 7.24. The zero-order valence-electron chi connectivity index (χ0n) is 17.8. The van der Waals surface area contributed by atoms with E-state index < -0.39 is 10.8 Å². The third kappa shape index (κ3) is 5.75. The first kappa shape index (κ1) is 24.2. The Morgan fingerprint density at radius 2 is 2.00 bits per heavy atom. The molecule has 4 rings (SSSR count). The molecule has 35 heavy (non-hydrogen) atoms. The molecule has 0 bridgehead atoms. The molecule has 0 saturated heterocycles. The van der Waals surface area contributed by atoms with Crippen LogP contribution in [0.25, 0.3) is 11.8 Å². The van der Waals surface area contributed by atoms with Gasteiger partial charge in [0.15, 0.2) is 5.13 Å². The van der Waals surface area contributed by atoms with Crippen molar-refractivity contribution in [2.24, 2.45) is 0 Å². The largest absolute Gasteiger partial charge is 0.317 e. The van der Waals surface area contributed by atoms with E-state index in [1.165, 1.54) is 29.5 Å². The number of halogens is 2. The van der Waals surface area contributed by atoms with Crippen molar-refractivity contribution in [1.82, 2.24) is 9.55 Å². The standard InChI is InChI=1S/C24H15Cl2N5O3S/c25-17-3-8-22(26)15(10-17)12-21-14-28-24(35-21)29-23(32)16(13-27)11-20-2-1-9-30(20)18-4-6-19(7-5-18)31(33)34/h1-11,14H,12H2,(H,28,29,32)/b16-11+. The number of hydrogen-bond acceptors (Lipinski definition) is 6. The summed E-state index contributed by atoms with van der Waals surface area (Å²) in [5, 5.41) is 24.6. The molecular weight excluding hydrogens is 509 g/mol. The van der Waals surface area contributed by atoms with Crippen LogP contribution in [-0.4, -0.2) is 20.4 Å². The van der Waals surface area contributed by atoms with Gasteiger partial charge in [-0.05, 0) is 54.1 Å². The zero-order valence-corrected chi connectivity index (χ0v) is 20.1. The molecule has 1 amide bonds. The number of thiazole rings is 1. The maximum Gasteiger partial charge on any atom is 0.269 e. The van der Waals surface area contributed by atoms with Gasteiger partial charge in [0.25, 0.3) is 11.6 Å². The molecule has 0 fully saturated rings. The maximum absolute atomic E-state index is 12.7. The van der Waals surface area contributed by atoms with Gasteiger partial charge in [-0.25, -0.2) is 4.98 Å². The molecule has 0 aliphatic rings. The van der Waals surface area contributed by atoms with E-state index in [0.717, 1.165) is 10.4 Å². The number of hydrogen-bond donors (Lipinski definition) is 1. The number of nitrogens with one attached hydrogen (secondary N) is 1. The maximum atomic E-state index is 12.7. The molecule has 0 unspecified atom stereocenters. The van der Waals surface area contributed by atoms with E-state index in [4.69, 9.17) is 23.2 Å². The second-order valence-corrected chi connectivity index (χ2v) is 9.20. The van der Waals surface area contributed by atoms with Crippen LogP contribution in [0.5, 0.6) is 0 Å². The smallest absolute Gasteiger partial charge is 0.269 e. The van der Waals surface area contributed by atoms with Gasteiger partial charge in [-0.15, -0.1) is 11.3 Å². The Bertz CT molecular complexity index is 1490. The normalized spacial score (nSPS) is 11.2. The minimum Gasteiger partial charge on any atom is -0.317 e. The van der Waals surface area contributed by atoms with E-state index in [1.54, 1.807) is 59.4 Å². The fourth-order valence-electron chi connectivity index (χ4n) is 3.26. The van der Waals surface area contributed by atoms with E-state index in [0.29, 0.717) is 33.0 Å². The average Bonchev–Trinajstić information content (AvgIpc) is 3.49. The van der Waals surface area contributed by atoms with E-state index in [-0.39, 0.29) is 11.3 Å². The van der Waals surface area contributed by atoms with Gasteiger partial charge in [-0.3, -0.25) is 20.2 Å². The summed E-state index contributed by atoms with van der Waals surface area (Å²) in [6.07, 6.45) is 5.30. The monoisotopic (exact) mass is 523 g/mol. The van der Waals surface area contributed by atoms with Crippen LogP contribution in [0.4, 0.5) is 10.8 Å². The lowest BCUT2D eigenvalue weighted by Gasteiger charge is -2.07. The topological polar surface area (TPSA) is 114 Å². The third-order valence-corrected chi connectivity index (χ3v) is 6.44. The van der Waals surface area contributed by atoms with E-state index in [9.17, 15) is 20.2 Å². The number of nitro benzene ring substituents is 1. The van der Waals surface area contributed by atoms with Crippen molar-refractivity contribution in [1.29, 1.82) is 5.26 Å². The highest BCUT2D eigenvalue weighted by Gasteiger charge is 2.14. The summed E-state index contributed by atoms with van der Waals surface area (Å²) in [6, 6.07) is 16.5. The van der Waals surface area contributed by atoms with Crippen molar-refractivity contribution in [3.63, 3.8) is 0 Å². The zero-order chi connectivity index (χ0) is 24.9. The predicted octanol–water partition coefficient (Wildman–Crippen LogP) is 6.29. The Labute approximate surface area is 213 Å². The highest BCUT2D eigenvalue weighted by atomic mass is 35.5. The van der Waals surface area contributed by atoms with E-state index in [2.05, 4.69) is 10.3 Å². The summed E-state index contributed by atoms with van der Waals surface area (Å²) in [5.41, 5.74) is 1.89. The Balaban J connectivity index is 1.50. The molecule has 0 radical (unpaired) electrons. The van der Waals surface area contributed by atoms with Gasteiger partial charge in [0.05, 0.1) is 4.92 Å². The number of nitro groups is 1. The first-order valence-corrected chi connectivity index (χ1v) is 11.7. The van der Waals surface area contributed by atoms with Gasteiger partial charge in [-0.1, -0.05) is 23.2 Å². The van der Waals surface area contributed by atoms with Crippen LogP contribution in [0, 0.1) is 21.4 Å². The second kappa shape index (κ2) is 10.5. The van der Waals surface area contributed by atoms with Crippen LogP contribution in [-0.2, 0) is 11.2 Å². The summed E-state index contributed by atoms with van der Waals surface area (Å²) >= 11 is 13.5. The molecule has 4 aromatic rings. The Morgan fingerprint density at radius 1 is 1.23 bits per heavy atom. The quantitative estimate of drug-likeness (QED) is 0.132. The fourth-order valence-corrected chi connectivity index (χ4v) is 4.47. The molecule has 0 aliphatic carbocycles. The molecular formula is C24H15Cl2N5O3S. The number of nitriles is 1. The third-order valence-electron chi connectivity index (χ3n) is 4.92. The van der Waals surface area contributed by atoms with Crippen LogP contribution < -0.4 is 5.32 Å². The van der Waals surface area contributed by atoms with Crippen LogP contribution in [0.2, 0.25) is 10.0 Å². The number of anilines is 1. The molecule has 174 valence electrons. The SMILES string of the molecule is N#C/C(=C\c1cccn1-c1ccc([N+](=O)[O-])cc1)C(=O)Nc1ncc(Cc2cc(Cl)ccc2Cl)s1. The highest BCUT2D eigenvalue weighted by molar-refractivity contribution is 7.15. The Kier molecular flexibility index (Phi) is 7.27. The summed E-state index contributed by atoms with van der Waals surface area (Å²) in [6.45, 7) is 0. The van der Waals surface area contributed by atoms with Gasteiger partial charge in [0, 0.05) is 57.3 Å². The number of non-ortho nitro benzene ring substituents is 1. The van der Waals surface area contributed by atoms with Crippen LogP contribution in [0.15, 0.2) is 72.6 Å². The number of carbonyl (C=O) groups is 1. The molecule has 11 heteroatoms. The van der Waals surface area contributed by atoms with Gasteiger partial charge in [-0.2, -0.15) is 5.26 Å². The molecule has 0 spiro atoms. The lowest BCUT2D eigenvalue weighted by Crippen LogP contribution is -2.13. The van der Waals surface area contributed by atoms with Crippen molar-refractivity contribution in [2.75, 3.05) is 5.32 Å². The van der Waals surface area contributed by atoms with Crippen molar-refractivity contribution < 1.29 is 9.72 Å². The van der Waals surface area contributed by atoms with E-state index >= 15 is 0 Å². The van der Waals surface area contributed by atoms with Crippen LogP contribution >= 0.6 is 34.5 Å². The summed E-state index contributed by atoms with van der Waals surface area (Å²) < 4.78 is 1.71. The van der Waals surface area contributed by atoms with Crippen LogP contribution in [0.3, 0.4) is 0 Å². The first-order valence-electron chi connectivity index (χ1n) is 10.1. The Hall–Kier alpha value is -3.97. The highest BCUT2D eigenvalue weighted by Crippen LogP contribution is 2.27. The number of rotatable bonds is 7. The van der Waals surface area contributed by atoms with Crippen LogP contribution in [0.1, 0.15) is 16.1 Å². The van der Waals surface area contributed by atoms with Crippen molar-refractivity contribution in [3.05, 3.63) is 109 Å². The minimum atomic E-state index is -0.606. The Morgan fingerprint density at radius 3 is 2.71 bits per heavy atom. The lowest BCUT2D eigenvalue weighted by atomic mass is 10.1. The predicted molar refractivity (Wildman–Crippen MR) is 136 cm³/mol. The lowest BCUT2D eigenvalue weighted by molar-refractivity contribution is -0.384. The molecule has 2 aromatic carbocycles. The van der Waals surface area contributed by atoms with Gasteiger partial charge < -0.3 is 4.57 Å². The van der Waals surface area contributed by atoms with Gasteiger partial charge >= 0.3 is 0 Å². The summed E-state index contributed by atoms with van der Waals surface area (Å²) in [5.74, 6) is -0.606. The van der Waals surface area contributed by atoms with Gasteiger partial charge in [0.2, 0.25) is 0 Å². The molecule has 0 aliphatic heterocycles. The van der Waals surface area contributed by atoms with Crippen molar-refractivity contribution in [3.8, 4) is 11.8 Å². The molecule has 0 atom stereocenters. The molecule has 2 heterocycles. The number of carbonyl (C=O) groups excluding carboxylic acids is 1. The average molecular weight is 524 g/mol. The molecule has 8 nitrogen and oxygen atoms in total. The number of aromatic nitrogens is 2. The molecule has 1 N–H and O–H groups in total. The first-order chi connectivity index (χ1) is 16.8. The van der Waals surface area contributed by atoms with Crippen molar-refractivity contribution >= 4 is 57.3 Å². The number of benzene rings is 2. The summed E-state index contributed by atoms with van der Waals surface area (Å²) in [4.78, 5) is 28.2. The number of amides is 1. The van der Waals surface area contributed by atoms with Gasteiger partial charge in [0.1, 0.15) is 11.6 Å². The summed E-state index contributed by atoms with van der Waals surface area (Å²) in [7, 11) is 0. The number of nitrogens with zero attached hydrogens (tertiary/aromatic N) is 4. The minimum absolute atomic E-state index is 0.0319. The molecule has 0 saturated carbocycles. The van der Waals surface area contributed by atoms with E-state index in [1.807, 2.05) is 6.07 Å². The van der Waals surface area contributed by atoms with Crippen molar-refractivity contribution in [2.45, 2.75) is 6.42 Å². The molecule has 2 aromatic heterocycles. The fraction of sp³-hybridized carbons (Fsp3) is 0.0417.